The molecule has 1 aromatic carbocycles. The largest absolute Gasteiger partial charge is 0.497 e. The van der Waals surface area contributed by atoms with Gasteiger partial charge < -0.3 is 14.3 Å². The van der Waals surface area contributed by atoms with Crippen LogP contribution in [0, 0.1) is 11.7 Å². The summed E-state index contributed by atoms with van der Waals surface area (Å²) in [7, 11) is 1.66. The van der Waals surface area contributed by atoms with Gasteiger partial charge in [-0.2, -0.15) is 0 Å². The van der Waals surface area contributed by atoms with E-state index >= 15 is 0 Å². The van der Waals surface area contributed by atoms with Gasteiger partial charge in [0.2, 0.25) is 0 Å². The molecule has 0 aliphatic rings. The molecule has 0 atom stereocenters. The molecule has 0 fully saturated rings. The van der Waals surface area contributed by atoms with Crippen LogP contribution >= 0.6 is 23.6 Å². The Morgan fingerprint density at radius 2 is 2.32 bits per heavy atom. The number of benzene rings is 1. The molecular formula is C13H13N3OS2. The van der Waals surface area contributed by atoms with Crippen molar-refractivity contribution in [2.45, 2.75) is 13.5 Å². The molecule has 4 nitrogen and oxygen atoms in total. The average Bonchev–Trinajstić information content (AvgIpc) is 2.94. The molecule has 0 unspecified atom stereocenters. The lowest BCUT2D eigenvalue weighted by atomic mass is 10.3. The number of thiazole rings is 1. The van der Waals surface area contributed by atoms with Crippen molar-refractivity contribution in [1.29, 1.82) is 0 Å². The molecular weight excluding hydrogens is 278 g/mol. The van der Waals surface area contributed by atoms with Crippen LogP contribution in [0.25, 0.3) is 11.0 Å². The number of methoxy groups -OCH3 is 1. The number of imidazole rings is 1. The highest BCUT2D eigenvalue weighted by molar-refractivity contribution is 7.71. The molecule has 2 heterocycles. The molecule has 1 N–H and O–H groups in total. The van der Waals surface area contributed by atoms with Crippen molar-refractivity contribution >= 4 is 34.6 Å². The molecule has 0 aliphatic carbocycles. The van der Waals surface area contributed by atoms with Crippen molar-refractivity contribution in [1.82, 2.24) is 14.5 Å². The van der Waals surface area contributed by atoms with Gasteiger partial charge in [-0.05, 0) is 31.3 Å². The van der Waals surface area contributed by atoms with E-state index in [1.165, 1.54) is 4.88 Å². The lowest BCUT2D eigenvalue weighted by Gasteiger charge is -2.03. The summed E-state index contributed by atoms with van der Waals surface area (Å²) in [5.74, 6) is 0.825. The van der Waals surface area contributed by atoms with Crippen molar-refractivity contribution in [2.75, 3.05) is 7.11 Å². The Morgan fingerprint density at radius 3 is 3.00 bits per heavy atom. The zero-order chi connectivity index (χ0) is 13.4. The quantitative estimate of drug-likeness (QED) is 0.751. The first-order valence-corrected chi connectivity index (χ1v) is 7.07. The molecule has 0 bridgehead atoms. The van der Waals surface area contributed by atoms with Crippen molar-refractivity contribution in [2.24, 2.45) is 0 Å². The normalized spacial score (nSPS) is 11.1. The maximum atomic E-state index is 5.38. The van der Waals surface area contributed by atoms with E-state index in [2.05, 4.69) is 16.9 Å². The number of fused-ring (bicyclic) bond motifs is 1. The van der Waals surface area contributed by atoms with Gasteiger partial charge in [0.1, 0.15) is 10.8 Å². The molecule has 19 heavy (non-hydrogen) atoms. The van der Waals surface area contributed by atoms with Gasteiger partial charge in [-0.15, -0.1) is 11.3 Å². The van der Waals surface area contributed by atoms with Crippen LogP contribution in [0.5, 0.6) is 5.75 Å². The first kappa shape index (κ1) is 12.4. The molecule has 0 saturated heterocycles. The number of hydrogen-bond donors (Lipinski definition) is 1. The van der Waals surface area contributed by atoms with Gasteiger partial charge in [0, 0.05) is 17.1 Å². The second-order valence-corrected chi connectivity index (χ2v) is 5.97. The van der Waals surface area contributed by atoms with Gasteiger partial charge in [-0.1, -0.05) is 0 Å². The highest BCUT2D eigenvalue weighted by Crippen LogP contribution is 2.22. The Hall–Kier alpha value is -1.66. The fraction of sp³-hybridized carbons (Fsp3) is 0.231. The van der Waals surface area contributed by atoms with Crippen molar-refractivity contribution in [3.05, 3.63) is 39.1 Å². The number of aromatic nitrogens is 3. The average molecular weight is 291 g/mol. The summed E-state index contributed by atoms with van der Waals surface area (Å²) in [6.07, 6.45) is 1.89. The molecule has 0 saturated carbocycles. The molecule has 0 amide bonds. The predicted molar refractivity (Wildman–Crippen MR) is 79.6 cm³/mol. The van der Waals surface area contributed by atoms with E-state index in [1.54, 1.807) is 18.4 Å². The van der Waals surface area contributed by atoms with E-state index in [-0.39, 0.29) is 0 Å². The van der Waals surface area contributed by atoms with Gasteiger partial charge >= 0.3 is 0 Å². The summed E-state index contributed by atoms with van der Waals surface area (Å²) in [6.45, 7) is 2.74. The van der Waals surface area contributed by atoms with Gasteiger partial charge in [-0.25, -0.2) is 4.98 Å². The van der Waals surface area contributed by atoms with Crippen molar-refractivity contribution in [3.8, 4) is 5.75 Å². The van der Waals surface area contributed by atoms with E-state index < -0.39 is 0 Å². The van der Waals surface area contributed by atoms with Crippen LogP contribution in [-0.2, 0) is 6.54 Å². The SMILES string of the molecule is COc1ccc2[nH]c(=S)n(Cc3ncc(C)s3)c2c1. The Balaban J connectivity index is 2.11. The highest BCUT2D eigenvalue weighted by Gasteiger charge is 2.08. The van der Waals surface area contributed by atoms with Crippen LogP contribution in [0.1, 0.15) is 9.88 Å². The highest BCUT2D eigenvalue weighted by atomic mass is 32.1. The van der Waals surface area contributed by atoms with Gasteiger partial charge in [0.05, 0.1) is 24.7 Å². The minimum Gasteiger partial charge on any atom is -0.497 e. The van der Waals surface area contributed by atoms with E-state index in [4.69, 9.17) is 17.0 Å². The van der Waals surface area contributed by atoms with Crippen LogP contribution in [0.4, 0.5) is 0 Å². The van der Waals surface area contributed by atoms with Crippen LogP contribution in [0.3, 0.4) is 0 Å². The maximum Gasteiger partial charge on any atom is 0.178 e. The third-order valence-electron chi connectivity index (χ3n) is 2.94. The monoisotopic (exact) mass is 291 g/mol. The molecule has 3 rings (SSSR count). The Labute approximate surface area is 119 Å². The summed E-state index contributed by atoms with van der Waals surface area (Å²) < 4.78 is 8.02. The zero-order valence-electron chi connectivity index (χ0n) is 10.6. The smallest absolute Gasteiger partial charge is 0.178 e. The molecule has 98 valence electrons. The molecule has 0 spiro atoms. The van der Waals surface area contributed by atoms with Crippen molar-refractivity contribution < 1.29 is 4.74 Å². The summed E-state index contributed by atoms with van der Waals surface area (Å²) in [5.41, 5.74) is 2.05. The van der Waals surface area contributed by atoms with Crippen molar-refractivity contribution in [3.63, 3.8) is 0 Å². The number of nitrogens with one attached hydrogen (secondary N) is 1. The Morgan fingerprint density at radius 1 is 1.47 bits per heavy atom. The van der Waals surface area contributed by atoms with Gasteiger partial charge in [0.25, 0.3) is 0 Å². The van der Waals surface area contributed by atoms with Crippen LogP contribution in [0.15, 0.2) is 24.4 Å². The van der Waals surface area contributed by atoms with E-state index in [1.807, 2.05) is 29.0 Å². The summed E-state index contributed by atoms with van der Waals surface area (Å²) in [4.78, 5) is 8.80. The second kappa shape index (κ2) is 4.79. The maximum absolute atomic E-state index is 5.38. The summed E-state index contributed by atoms with van der Waals surface area (Å²) in [5, 5.41) is 1.05. The topological polar surface area (TPSA) is 42.8 Å². The molecule has 3 aromatic rings. The molecule has 6 heteroatoms. The summed E-state index contributed by atoms with van der Waals surface area (Å²) >= 11 is 7.07. The number of ether oxygens (including phenoxy) is 1. The minimum absolute atomic E-state index is 0.685. The van der Waals surface area contributed by atoms with E-state index in [0.29, 0.717) is 11.3 Å². The first-order chi connectivity index (χ1) is 9.17. The number of hydrogen-bond acceptors (Lipinski definition) is 4. The summed E-state index contributed by atoms with van der Waals surface area (Å²) in [6, 6.07) is 5.89. The zero-order valence-corrected chi connectivity index (χ0v) is 12.3. The fourth-order valence-electron chi connectivity index (χ4n) is 2.03. The third-order valence-corrected chi connectivity index (χ3v) is 4.16. The second-order valence-electron chi connectivity index (χ2n) is 4.26. The molecule has 2 aromatic heterocycles. The number of nitrogens with zero attached hydrogens (tertiary/aromatic N) is 2. The first-order valence-electron chi connectivity index (χ1n) is 5.85. The number of rotatable bonds is 3. The van der Waals surface area contributed by atoms with E-state index in [9.17, 15) is 0 Å². The standard InChI is InChI=1S/C13H13N3OS2/c1-8-6-14-12(19-8)7-16-11-5-9(17-2)3-4-10(11)15-13(16)18/h3-6H,7H2,1-2H3,(H,15,18). The van der Waals surface area contributed by atoms with Crippen LogP contribution in [0.2, 0.25) is 0 Å². The van der Waals surface area contributed by atoms with Gasteiger partial charge in [-0.3, -0.25) is 0 Å². The predicted octanol–water partition coefficient (Wildman–Crippen LogP) is 3.52. The fourth-order valence-corrected chi connectivity index (χ4v) is 3.08. The van der Waals surface area contributed by atoms with E-state index in [0.717, 1.165) is 21.8 Å². The Bertz CT molecular complexity index is 785. The van der Waals surface area contributed by atoms with Gasteiger partial charge in [0.15, 0.2) is 4.77 Å². The van der Waals surface area contributed by atoms with Crippen LogP contribution < -0.4 is 4.74 Å². The number of H-pyrrole nitrogens is 1. The Kier molecular flexibility index (Phi) is 3.12. The number of aryl methyl sites for hydroxylation is 1. The lowest BCUT2D eigenvalue weighted by Crippen LogP contribution is -1.99. The lowest BCUT2D eigenvalue weighted by molar-refractivity contribution is 0.415. The molecule has 0 aliphatic heterocycles. The number of aromatic amines is 1. The third kappa shape index (κ3) is 2.29. The minimum atomic E-state index is 0.685. The van der Waals surface area contributed by atoms with Crippen LogP contribution in [-0.4, -0.2) is 21.6 Å². The molecule has 0 radical (unpaired) electrons.